The highest BCUT2D eigenvalue weighted by Crippen LogP contribution is 2.33. The van der Waals surface area contributed by atoms with Crippen LogP contribution >= 0.6 is 8.15 Å². The van der Waals surface area contributed by atoms with E-state index in [0.29, 0.717) is 6.61 Å². The molecule has 0 aliphatic heterocycles. The van der Waals surface area contributed by atoms with Gasteiger partial charge in [0.15, 0.2) is 5.52 Å². The van der Waals surface area contributed by atoms with Crippen LogP contribution in [0.3, 0.4) is 0 Å². The Balaban J connectivity index is 3.49. The molecule has 0 aromatic rings. The predicted octanol–water partition coefficient (Wildman–Crippen LogP) is 0.959. The van der Waals surface area contributed by atoms with Crippen LogP contribution in [0, 0.1) is 0 Å². The standard InChI is InChI=1S/C6H13O3P/c1-3-9-10(2)6(8)4-5-7/h7H,3-5H2,1-2H3. The lowest BCUT2D eigenvalue weighted by atomic mass is 10.5. The number of aliphatic hydroxyl groups excluding tert-OH is 1. The van der Waals surface area contributed by atoms with Gasteiger partial charge in [-0.15, -0.1) is 0 Å². The molecule has 1 atom stereocenters. The molecule has 0 aliphatic carbocycles. The maximum atomic E-state index is 10.9. The van der Waals surface area contributed by atoms with E-state index >= 15 is 0 Å². The second-order valence-corrected chi connectivity index (χ2v) is 3.53. The van der Waals surface area contributed by atoms with Crippen molar-refractivity contribution in [3.63, 3.8) is 0 Å². The van der Waals surface area contributed by atoms with Gasteiger partial charge in [-0.2, -0.15) is 0 Å². The second kappa shape index (κ2) is 5.78. The van der Waals surface area contributed by atoms with Gasteiger partial charge in [-0.05, 0) is 13.6 Å². The molecule has 1 unspecified atom stereocenters. The SMILES string of the molecule is CCOP(C)C(=O)CCO. The Morgan fingerprint density at radius 1 is 1.70 bits per heavy atom. The fourth-order valence-electron chi connectivity index (χ4n) is 0.519. The monoisotopic (exact) mass is 164 g/mol. The number of hydrogen-bond donors (Lipinski definition) is 1. The van der Waals surface area contributed by atoms with E-state index in [-0.39, 0.29) is 18.6 Å². The van der Waals surface area contributed by atoms with Crippen LogP contribution < -0.4 is 0 Å². The normalized spacial score (nSPS) is 13.1. The van der Waals surface area contributed by atoms with Crippen molar-refractivity contribution in [3.8, 4) is 0 Å². The summed E-state index contributed by atoms with van der Waals surface area (Å²) in [5.41, 5.74) is 0.0272. The van der Waals surface area contributed by atoms with Crippen LogP contribution in [0.25, 0.3) is 0 Å². The number of hydrogen-bond acceptors (Lipinski definition) is 3. The summed E-state index contributed by atoms with van der Waals surface area (Å²) >= 11 is 0. The zero-order valence-electron chi connectivity index (χ0n) is 6.33. The summed E-state index contributed by atoms with van der Waals surface area (Å²) < 4.78 is 5.06. The van der Waals surface area contributed by atoms with E-state index in [9.17, 15) is 4.79 Å². The Labute approximate surface area is 62.2 Å². The zero-order valence-corrected chi connectivity index (χ0v) is 7.23. The lowest BCUT2D eigenvalue weighted by Crippen LogP contribution is -2.00. The molecule has 0 rings (SSSR count). The van der Waals surface area contributed by atoms with Crippen LogP contribution in [-0.2, 0) is 9.32 Å². The first-order chi connectivity index (χ1) is 4.72. The van der Waals surface area contributed by atoms with Crippen LogP contribution in [0.4, 0.5) is 0 Å². The summed E-state index contributed by atoms with van der Waals surface area (Å²) in [6, 6.07) is 0. The summed E-state index contributed by atoms with van der Waals surface area (Å²) in [4.78, 5) is 10.9. The summed E-state index contributed by atoms with van der Waals surface area (Å²) in [5, 5.41) is 8.39. The van der Waals surface area contributed by atoms with E-state index in [2.05, 4.69) is 0 Å². The van der Waals surface area contributed by atoms with Crippen molar-refractivity contribution in [2.75, 3.05) is 19.9 Å². The first-order valence-corrected chi connectivity index (χ1v) is 4.93. The van der Waals surface area contributed by atoms with Crippen LogP contribution in [0.1, 0.15) is 13.3 Å². The van der Waals surface area contributed by atoms with E-state index in [1.54, 1.807) is 6.66 Å². The van der Waals surface area contributed by atoms with Gasteiger partial charge in [-0.25, -0.2) is 0 Å². The topological polar surface area (TPSA) is 46.5 Å². The molecule has 0 aliphatic rings. The molecule has 0 radical (unpaired) electrons. The van der Waals surface area contributed by atoms with Gasteiger partial charge in [-0.1, -0.05) is 0 Å². The molecule has 0 saturated heterocycles. The average Bonchev–Trinajstić information content (AvgIpc) is 1.89. The molecule has 0 saturated carbocycles. The summed E-state index contributed by atoms with van der Waals surface area (Å²) in [5.74, 6) is 0. The Bertz CT molecular complexity index is 105. The Morgan fingerprint density at radius 3 is 2.70 bits per heavy atom. The highest BCUT2D eigenvalue weighted by atomic mass is 31.1. The molecule has 60 valence electrons. The molecular weight excluding hydrogens is 151 g/mol. The van der Waals surface area contributed by atoms with Crippen LogP contribution in [-0.4, -0.2) is 30.5 Å². The van der Waals surface area contributed by atoms with Crippen LogP contribution in [0.15, 0.2) is 0 Å². The van der Waals surface area contributed by atoms with Crippen molar-refractivity contribution in [3.05, 3.63) is 0 Å². The minimum atomic E-state index is -0.947. The molecule has 3 nitrogen and oxygen atoms in total. The molecule has 0 heterocycles. The second-order valence-electron chi connectivity index (χ2n) is 1.78. The molecule has 10 heavy (non-hydrogen) atoms. The van der Waals surface area contributed by atoms with Gasteiger partial charge in [0.05, 0.1) is 14.8 Å². The third-order valence-electron chi connectivity index (χ3n) is 1.000. The van der Waals surface area contributed by atoms with Crippen molar-refractivity contribution in [2.45, 2.75) is 13.3 Å². The smallest absolute Gasteiger partial charge is 0.183 e. The van der Waals surface area contributed by atoms with Crippen molar-refractivity contribution in [1.29, 1.82) is 0 Å². The van der Waals surface area contributed by atoms with Gasteiger partial charge in [0.1, 0.15) is 0 Å². The zero-order chi connectivity index (χ0) is 7.98. The third-order valence-corrected chi connectivity index (χ3v) is 2.57. The van der Waals surface area contributed by atoms with E-state index in [1.807, 2.05) is 6.92 Å². The van der Waals surface area contributed by atoms with Gasteiger partial charge in [0, 0.05) is 13.0 Å². The Morgan fingerprint density at radius 2 is 2.30 bits per heavy atom. The summed E-state index contributed by atoms with van der Waals surface area (Å²) in [6.07, 6.45) is 0.224. The fourth-order valence-corrected chi connectivity index (χ4v) is 1.46. The molecule has 0 amide bonds. The molecule has 0 aromatic heterocycles. The first-order valence-electron chi connectivity index (χ1n) is 3.22. The van der Waals surface area contributed by atoms with Gasteiger partial charge >= 0.3 is 0 Å². The minimum absolute atomic E-state index is 0.0272. The largest absolute Gasteiger partial charge is 0.396 e. The molecule has 0 fully saturated rings. The molecular formula is C6H13O3P. The quantitative estimate of drug-likeness (QED) is 0.615. The average molecular weight is 164 g/mol. The van der Waals surface area contributed by atoms with Crippen LogP contribution in [0.5, 0.6) is 0 Å². The van der Waals surface area contributed by atoms with Gasteiger partial charge < -0.3 is 9.63 Å². The van der Waals surface area contributed by atoms with Crippen molar-refractivity contribution < 1.29 is 14.4 Å². The lowest BCUT2D eigenvalue weighted by Gasteiger charge is -2.07. The molecule has 0 aromatic carbocycles. The lowest BCUT2D eigenvalue weighted by molar-refractivity contribution is -0.112. The summed E-state index contributed by atoms with van der Waals surface area (Å²) in [7, 11) is -0.947. The third kappa shape index (κ3) is 3.94. The highest BCUT2D eigenvalue weighted by Gasteiger charge is 2.10. The number of carbonyl (C=O) groups is 1. The number of carbonyl (C=O) groups excluding carboxylic acids is 1. The van der Waals surface area contributed by atoms with Crippen molar-refractivity contribution in [1.82, 2.24) is 0 Å². The van der Waals surface area contributed by atoms with Gasteiger partial charge in [-0.3, -0.25) is 4.79 Å². The maximum Gasteiger partial charge on any atom is 0.183 e. The van der Waals surface area contributed by atoms with Gasteiger partial charge in [0.25, 0.3) is 0 Å². The molecule has 0 bridgehead atoms. The molecule has 1 N–H and O–H groups in total. The summed E-state index contributed by atoms with van der Waals surface area (Å²) in [6.45, 7) is 4.11. The number of rotatable bonds is 5. The van der Waals surface area contributed by atoms with Crippen molar-refractivity contribution >= 4 is 13.7 Å². The minimum Gasteiger partial charge on any atom is -0.396 e. The maximum absolute atomic E-state index is 10.9. The molecule has 0 spiro atoms. The predicted molar refractivity (Wildman–Crippen MR) is 41.2 cm³/mol. The molecule has 4 heteroatoms. The van der Waals surface area contributed by atoms with Gasteiger partial charge in [0.2, 0.25) is 0 Å². The Kier molecular flexibility index (Phi) is 5.79. The van der Waals surface area contributed by atoms with Crippen molar-refractivity contribution in [2.24, 2.45) is 0 Å². The van der Waals surface area contributed by atoms with E-state index in [1.165, 1.54) is 0 Å². The highest BCUT2D eigenvalue weighted by molar-refractivity contribution is 7.69. The first kappa shape index (κ1) is 10.0. The van der Waals surface area contributed by atoms with E-state index in [0.717, 1.165) is 0 Å². The Hall–Kier alpha value is 0.0200. The fraction of sp³-hybridized carbons (Fsp3) is 0.833. The van der Waals surface area contributed by atoms with E-state index in [4.69, 9.17) is 9.63 Å². The van der Waals surface area contributed by atoms with Crippen LogP contribution in [0.2, 0.25) is 0 Å². The number of aliphatic hydroxyl groups is 1. The van der Waals surface area contributed by atoms with E-state index < -0.39 is 8.15 Å².